The first-order valence-electron chi connectivity index (χ1n) is 8.39. The molecule has 0 N–H and O–H groups in total. The summed E-state index contributed by atoms with van der Waals surface area (Å²) in [5, 5.41) is 0.514. The van der Waals surface area contributed by atoms with Crippen LogP contribution in [-0.2, 0) is 6.54 Å². The predicted octanol–water partition coefficient (Wildman–Crippen LogP) is 2.95. The summed E-state index contributed by atoms with van der Waals surface area (Å²) in [5.41, 5.74) is 2.71. The van der Waals surface area contributed by atoms with Crippen LogP contribution in [0.1, 0.15) is 16.1 Å². The van der Waals surface area contributed by atoms with Gasteiger partial charge in [0.15, 0.2) is 0 Å². The zero-order valence-electron chi connectivity index (χ0n) is 13.8. The zero-order valence-corrected chi connectivity index (χ0v) is 14.6. The van der Waals surface area contributed by atoms with Crippen LogP contribution >= 0.6 is 11.6 Å². The number of nitrogens with zero attached hydrogens (tertiary/aromatic N) is 4. The van der Waals surface area contributed by atoms with Crippen LogP contribution in [0.15, 0.2) is 54.9 Å². The summed E-state index contributed by atoms with van der Waals surface area (Å²) in [5.74, 6) is 0.0139. The molecule has 2 aromatic heterocycles. The van der Waals surface area contributed by atoms with E-state index in [0.29, 0.717) is 23.7 Å². The standard InChI is InChI=1S/C19H19ClN4O/c20-17-6-2-1-5-16(17)19(25)23-11-9-22(10-12-23)14-15-13-21-18-7-3-4-8-24(15)18/h1-8,13H,9-12,14H2. The SMILES string of the molecule is O=C(c1ccccc1Cl)N1CCN(Cc2cnc3ccccn23)CC1. The number of imidazole rings is 1. The summed E-state index contributed by atoms with van der Waals surface area (Å²) in [6, 6.07) is 13.2. The number of benzene rings is 1. The number of hydrogen-bond donors (Lipinski definition) is 0. The first kappa shape index (κ1) is 16.1. The van der Waals surface area contributed by atoms with Crippen molar-refractivity contribution in [2.24, 2.45) is 0 Å². The highest BCUT2D eigenvalue weighted by Crippen LogP contribution is 2.18. The molecule has 25 heavy (non-hydrogen) atoms. The van der Waals surface area contributed by atoms with Crippen LogP contribution in [0, 0.1) is 0 Å². The van der Waals surface area contributed by atoms with E-state index in [1.165, 1.54) is 5.69 Å². The molecule has 1 saturated heterocycles. The lowest BCUT2D eigenvalue weighted by molar-refractivity contribution is 0.0627. The second kappa shape index (κ2) is 6.86. The molecule has 5 nitrogen and oxygen atoms in total. The molecular weight excluding hydrogens is 336 g/mol. The second-order valence-corrected chi connectivity index (χ2v) is 6.63. The number of rotatable bonds is 3. The Morgan fingerprint density at radius 1 is 1.04 bits per heavy atom. The van der Waals surface area contributed by atoms with Crippen molar-refractivity contribution >= 4 is 23.2 Å². The third-order valence-corrected chi connectivity index (χ3v) is 4.97. The van der Waals surface area contributed by atoms with Crippen molar-refractivity contribution in [3.05, 3.63) is 71.1 Å². The molecule has 3 aromatic rings. The van der Waals surface area contributed by atoms with Gasteiger partial charge in [-0.15, -0.1) is 0 Å². The minimum absolute atomic E-state index is 0.0139. The number of hydrogen-bond acceptors (Lipinski definition) is 3. The molecule has 0 radical (unpaired) electrons. The fourth-order valence-electron chi connectivity index (χ4n) is 3.25. The molecule has 0 saturated carbocycles. The number of halogens is 1. The first-order valence-corrected chi connectivity index (χ1v) is 8.77. The van der Waals surface area contributed by atoms with E-state index in [-0.39, 0.29) is 5.91 Å². The van der Waals surface area contributed by atoms with Crippen LogP contribution < -0.4 is 0 Å². The van der Waals surface area contributed by atoms with Gasteiger partial charge < -0.3 is 9.30 Å². The molecule has 1 aromatic carbocycles. The third-order valence-electron chi connectivity index (χ3n) is 4.64. The lowest BCUT2D eigenvalue weighted by Crippen LogP contribution is -2.48. The van der Waals surface area contributed by atoms with Crippen molar-refractivity contribution in [3.63, 3.8) is 0 Å². The van der Waals surface area contributed by atoms with E-state index >= 15 is 0 Å². The van der Waals surface area contributed by atoms with Crippen LogP contribution in [0.3, 0.4) is 0 Å². The Labute approximate surface area is 151 Å². The number of carbonyl (C=O) groups excluding carboxylic acids is 1. The number of pyridine rings is 1. The maximum absolute atomic E-state index is 12.6. The van der Waals surface area contributed by atoms with E-state index in [1.807, 2.05) is 47.6 Å². The highest BCUT2D eigenvalue weighted by molar-refractivity contribution is 6.33. The van der Waals surface area contributed by atoms with Crippen molar-refractivity contribution in [3.8, 4) is 0 Å². The van der Waals surface area contributed by atoms with Gasteiger partial charge in [0.2, 0.25) is 0 Å². The lowest BCUT2D eigenvalue weighted by Gasteiger charge is -2.34. The Morgan fingerprint density at radius 2 is 1.80 bits per heavy atom. The fourth-order valence-corrected chi connectivity index (χ4v) is 3.46. The predicted molar refractivity (Wildman–Crippen MR) is 97.8 cm³/mol. The summed E-state index contributed by atoms with van der Waals surface area (Å²) in [7, 11) is 0. The van der Waals surface area contributed by atoms with E-state index in [1.54, 1.807) is 12.1 Å². The summed E-state index contributed by atoms with van der Waals surface area (Å²) < 4.78 is 2.11. The van der Waals surface area contributed by atoms with Crippen LogP contribution in [0.5, 0.6) is 0 Å². The lowest BCUT2D eigenvalue weighted by atomic mass is 10.2. The largest absolute Gasteiger partial charge is 0.336 e. The van der Waals surface area contributed by atoms with E-state index in [4.69, 9.17) is 11.6 Å². The first-order chi connectivity index (χ1) is 12.2. The third kappa shape index (κ3) is 3.25. The Bertz CT molecular complexity index is 899. The molecule has 4 rings (SSSR count). The smallest absolute Gasteiger partial charge is 0.255 e. The van der Waals surface area contributed by atoms with Crippen molar-refractivity contribution in [2.75, 3.05) is 26.2 Å². The van der Waals surface area contributed by atoms with Crippen LogP contribution in [0.4, 0.5) is 0 Å². The van der Waals surface area contributed by atoms with Crippen molar-refractivity contribution < 1.29 is 4.79 Å². The van der Waals surface area contributed by atoms with Crippen molar-refractivity contribution in [1.82, 2.24) is 19.2 Å². The van der Waals surface area contributed by atoms with Crippen molar-refractivity contribution in [2.45, 2.75) is 6.54 Å². The fraction of sp³-hybridized carbons (Fsp3) is 0.263. The molecule has 1 aliphatic rings. The molecule has 1 amide bonds. The quantitative estimate of drug-likeness (QED) is 0.726. The molecule has 128 valence electrons. The van der Waals surface area contributed by atoms with Crippen LogP contribution in [-0.4, -0.2) is 51.3 Å². The number of carbonyl (C=O) groups is 1. The molecule has 1 fully saturated rings. The van der Waals surface area contributed by atoms with E-state index < -0.39 is 0 Å². The normalized spacial score (nSPS) is 15.6. The van der Waals surface area contributed by atoms with E-state index in [2.05, 4.69) is 14.3 Å². The van der Waals surface area contributed by atoms with Gasteiger partial charge in [-0.25, -0.2) is 4.98 Å². The summed E-state index contributed by atoms with van der Waals surface area (Å²) in [6.45, 7) is 3.94. The average Bonchev–Trinajstić information content (AvgIpc) is 3.05. The van der Waals surface area contributed by atoms with Gasteiger partial charge in [-0.3, -0.25) is 9.69 Å². The highest BCUT2D eigenvalue weighted by atomic mass is 35.5. The Balaban J connectivity index is 1.40. The molecule has 0 bridgehead atoms. The number of aromatic nitrogens is 2. The molecule has 0 spiro atoms. The minimum Gasteiger partial charge on any atom is -0.336 e. The van der Waals surface area contributed by atoms with Gasteiger partial charge in [-0.2, -0.15) is 0 Å². The van der Waals surface area contributed by atoms with E-state index in [0.717, 1.165) is 25.3 Å². The minimum atomic E-state index is 0.0139. The summed E-state index contributed by atoms with van der Waals surface area (Å²) in [6.07, 6.45) is 3.96. The number of fused-ring (bicyclic) bond motifs is 1. The molecule has 3 heterocycles. The zero-order chi connectivity index (χ0) is 17.2. The van der Waals surface area contributed by atoms with Crippen LogP contribution in [0.25, 0.3) is 5.65 Å². The van der Waals surface area contributed by atoms with Crippen LogP contribution in [0.2, 0.25) is 5.02 Å². The van der Waals surface area contributed by atoms with Gasteiger partial charge in [-0.1, -0.05) is 29.8 Å². The molecule has 0 unspecified atom stereocenters. The second-order valence-electron chi connectivity index (χ2n) is 6.23. The van der Waals surface area contributed by atoms with Gasteiger partial charge in [0.1, 0.15) is 5.65 Å². The summed E-state index contributed by atoms with van der Waals surface area (Å²) >= 11 is 6.15. The van der Waals surface area contributed by atoms with Gasteiger partial charge in [0, 0.05) is 38.9 Å². The Morgan fingerprint density at radius 3 is 2.60 bits per heavy atom. The van der Waals surface area contributed by atoms with Gasteiger partial charge in [0.05, 0.1) is 22.5 Å². The number of piperazine rings is 1. The molecule has 1 aliphatic heterocycles. The average molecular weight is 355 g/mol. The maximum Gasteiger partial charge on any atom is 0.255 e. The maximum atomic E-state index is 12.6. The Kier molecular flexibility index (Phi) is 4.42. The van der Waals surface area contributed by atoms with Crippen molar-refractivity contribution in [1.29, 1.82) is 0 Å². The molecule has 0 aliphatic carbocycles. The van der Waals surface area contributed by atoms with E-state index in [9.17, 15) is 4.79 Å². The van der Waals surface area contributed by atoms with Gasteiger partial charge >= 0.3 is 0 Å². The van der Waals surface area contributed by atoms with Gasteiger partial charge in [-0.05, 0) is 24.3 Å². The highest BCUT2D eigenvalue weighted by Gasteiger charge is 2.23. The monoisotopic (exact) mass is 354 g/mol. The summed E-state index contributed by atoms with van der Waals surface area (Å²) in [4.78, 5) is 21.3. The molecule has 0 atom stereocenters. The Hall–Kier alpha value is -2.37. The van der Waals surface area contributed by atoms with Gasteiger partial charge in [0.25, 0.3) is 5.91 Å². The molecular formula is C19H19ClN4O. The molecule has 6 heteroatoms. The topological polar surface area (TPSA) is 40.9 Å². The number of amides is 1.